The van der Waals surface area contributed by atoms with Crippen LogP contribution in [0.4, 0.5) is 4.39 Å². The Labute approximate surface area is 120 Å². The fourth-order valence-electron chi connectivity index (χ4n) is 2.40. The molecular formula is C14H17BrFNO2. The van der Waals surface area contributed by atoms with E-state index in [1.54, 1.807) is 12.1 Å². The van der Waals surface area contributed by atoms with Crippen molar-refractivity contribution in [3.05, 3.63) is 34.1 Å². The third kappa shape index (κ3) is 3.04. The molecule has 0 amide bonds. The molecule has 1 fully saturated rings. The summed E-state index contributed by atoms with van der Waals surface area (Å²) in [6, 6.07) is 4.74. The molecule has 1 aliphatic heterocycles. The number of carbonyl (C=O) groups is 1. The largest absolute Gasteiger partial charge is 0.381 e. The lowest BCUT2D eigenvalue weighted by Gasteiger charge is -2.34. The SMILES string of the molecule is NCC1(C(=O)Cc2cccc(F)c2Br)CCOCC1. The minimum atomic E-state index is -0.510. The van der Waals surface area contributed by atoms with Crippen molar-refractivity contribution < 1.29 is 13.9 Å². The van der Waals surface area contributed by atoms with Crippen molar-refractivity contribution in [2.24, 2.45) is 11.1 Å². The van der Waals surface area contributed by atoms with Gasteiger partial charge in [-0.1, -0.05) is 12.1 Å². The van der Waals surface area contributed by atoms with E-state index < -0.39 is 5.41 Å². The fourth-order valence-corrected chi connectivity index (χ4v) is 2.81. The minimum Gasteiger partial charge on any atom is -0.381 e. The molecule has 2 rings (SSSR count). The van der Waals surface area contributed by atoms with Gasteiger partial charge in [-0.15, -0.1) is 0 Å². The minimum absolute atomic E-state index is 0.0737. The summed E-state index contributed by atoms with van der Waals surface area (Å²) in [5, 5.41) is 0. The first-order chi connectivity index (χ1) is 9.09. The predicted octanol–water partition coefficient (Wildman–Crippen LogP) is 2.46. The monoisotopic (exact) mass is 329 g/mol. The first-order valence-corrected chi connectivity index (χ1v) is 7.12. The van der Waals surface area contributed by atoms with Gasteiger partial charge in [0.15, 0.2) is 0 Å². The summed E-state index contributed by atoms with van der Waals surface area (Å²) < 4.78 is 19.1. The molecule has 1 aromatic rings. The summed E-state index contributed by atoms with van der Waals surface area (Å²) in [4.78, 5) is 12.5. The Morgan fingerprint density at radius 3 is 2.74 bits per heavy atom. The van der Waals surface area contributed by atoms with Gasteiger partial charge >= 0.3 is 0 Å². The Morgan fingerprint density at radius 1 is 1.42 bits per heavy atom. The van der Waals surface area contributed by atoms with Crippen molar-refractivity contribution in [3.8, 4) is 0 Å². The molecule has 3 nitrogen and oxygen atoms in total. The molecule has 1 aliphatic rings. The molecule has 0 saturated carbocycles. The lowest BCUT2D eigenvalue weighted by atomic mass is 9.74. The molecule has 0 aromatic heterocycles. The first kappa shape index (κ1) is 14.6. The van der Waals surface area contributed by atoms with E-state index in [4.69, 9.17) is 10.5 Å². The van der Waals surface area contributed by atoms with E-state index in [0.717, 1.165) is 0 Å². The smallest absolute Gasteiger partial charge is 0.144 e. The summed E-state index contributed by atoms with van der Waals surface area (Å²) in [5.74, 6) is -0.274. The third-order valence-electron chi connectivity index (χ3n) is 3.81. The molecule has 0 aliphatic carbocycles. The second-order valence-electron chi connectivity index (χ2n) is 4.91. The first-order valence-electron chi connectivity index (χ1n) is 6.33. The van der Waals surface area contributed by atoms with Crippen LogP contribution < -0.4 is 5.73 Å². The number of rotatable bonds is 4. The van der Waals surface area contributed by atoms with Crippen molar-refractivity contribution in [1.29, 1.82) is 0 Å². The summed E-state index contributed by atoms with van der Waals surface area (Å²) >= 11 is 3.19. The van der Waals surface area contributed by atoms with Crippen LogP contribution in [-0.2, 0) is 16.0 Å². The summed E-state index contributed by atoms with van der Waals surface area (Å²) in [7, 11) is 0. The quantitative estimate of drug-likeness (QED) is 0.923. The number of halogens is 2. The number of ether oxygens (including phenoxy) is 1. The van der Waals surface area contributed by atoms with Gasteiger partial charge in [-0.05, 0) is 40.4 Å². The van der Waals surface area contributed by atoms with Gasteiger partial charge in [0.25, 0.3) is 0 Å². The van der Waals surface area contributed by atoms with Crippen molar-refractivity contribution in [2.75, 3.05) is 19.8 Å². The molecule has 0 radical (unpaired) electrons. The van der Waals surface area contributed by atoms with Crippen molar-refractivity contribution in [1.82, 2.24) is 0 Å². The van der Waals surface area contributed by atoms with Crippen LogP contribution in [0, 0.1) is 11.2 Å². The van der Waals surface area contributed by atoms with Gasteiger partial charge in [0.2, 0.25) is 0 Å². The molecule has 0 atom stereocenters. The van der Waals surface area contributed by atoms with Crippen molar-refractivity contribution in [2.45, 2.75) is 19.3 Å². The molecule has 104 valence electrons. The number of Topliss-reactive ketones (excluding diaryl/α,β-unsaturated/α-hetero) is 1. The van der Waals surface area contributed by atoms with Gasteiger partial charge < -0.3 is 10.5 Å². The highest BCUT2D eigenvalue weighted by atomic mass is 79.9. The number of ketones is 1. The van der Waals surface area contributed by atoms with Gasteiger partial charge in [0, 0.05) is 31.6 Å². The number of benzene rings is 1. The number of carbonyl (C=O) groups excluding carboxylic acids is 1. The zero-order valence-electron chi connectivity index (χ0n) is 10.6. The molecular weight excluding hydrogens is 313 g/mol. The van der Waals surface area contributed by atoms with Gasteiger partial charge in [0.05, 0.1) is 4.47 Å². The fraction of sp³-hybridized carbons (Fsp3) is 0.500. The highest BCUT2D eigenvalue weighted by molar-refractivity contribution is 9.10. The maximum atomic E-state index is 13.4. The Morgan fingerprint density at radius 2 is 2.11 bits per heavy atom. The Bertz CT molecular complexity index is 473. The second kappa shape index (κ2) is 6.11. The molecule has 5 heteroatoms. The normalized spacial score (nSPS) is 18.3. The summed E-state index contributed by atoms with van der Waals surface area (Å²) in [6.07, 6.45) is 1.50. The van der Waals surface area contributed by atoms with E-state index in [1.807, 2.05) is 0 Å². The van der Waals surface area contributed by atoms with Crippen molar-refractivity contribution in [3.63, 3.8) is 0 Å². The third-order valence-corrected chi connectivity index (χ3v) is 4.70. The molecule has 19 heavy (non-hydrogen) atoms. The van der Waals surface area contributed by atoms with Crippen LogP contribution >= 0.6 is 15.9 Å². The standard InChI is InChI=1S/C14H17BrFNO2/c15-13-10(2-1-3-11(13)16)8-12(18)14(9-17)4-6-19-7-5-14/h1-3H,4-9,17H2. The number of hydrogen-bond acceptors (Lipinski definition) is 3. The van der Waals surface area contributed by atoms with Gasteiger partial charge in [0.1, 0.15) is 11.6 Å². The summed E-state index contributed by atoms with van der Waals surface area (Å²) in [6.45, 7) is 1.45. The molecule has 1 saturated heterocycles. The van der Waals surface area contributed by atoms with Crippen molar-refractivity contribution >= 4 is 21.7 Å². The molecule has 1 aromatic carbocycles. The Kier molecular flexibility index (Phi) is 4.71. The molecule has 2 N–H and O–H groups in total. The Hall–Kier alpha value is -0.780. The topological polar surface area (TPSA) is 52.3 Å². The maximum Gasteiger partial charge on any atom is 0.144 e. The second-order valence-corrected chi connectivity index (χ2v) is 5.70. The van der Waals surface area contributed by atoms with E-state index >= 15 is 0 Å². The van der Waals surface area contributed by atoms with Crippen LogP contribution in [-0.4, -0.2) is 25.5 Å². The average Bonchev–Trinajstić information content (AvgIpc) is 2.44. The number of hydrogen-bond donors (Lipinski definition) is 1. The van der Waals surface area contributed by atoms with Gasteiger partial charge in [-0.2, -0.15) is 0 Å². The Balaban J connectivity index is 2.17. The predicted molar refractivity (Wildman–Crippen MR) is 74.4 cm³/mol. The van der Waals surface area contributed by atoms with Gasteiger partial charge in [-0.25, -0.2) is 4.39 Å². The molecule has 0 bridgehead atoms. The highest BCUT2D eigenvalue weighted by Gasteiger charge is 2.38. The van der Waals surface area contributed by atoms with Crippen LogP contribution in [0.25, 0.3) is 0 Å². The maximum absolute atomic E-state index is 13.4. The van der Waals surface area contributed by atoms with Crippen LogP contribution in [0.5, 0.6) is 0 Å². The summed E-state index contributed by atoms with van der Waals surface area (Å²) in [5.41, 5.74) is 5.96. The zero-order valence-corrected chi connectivity index (χ0v) is 12.2. The number of nitrogens with two attached hydrogens (primary N) is 1. The zero-order chi connectivity index (χ0) is 13.9. The highest BCUT2D eigenvalue weighted by Crippen LogP contribution is 2.33. The van der Waals surface area contributed by atoms with E-state index in [9.17, 15) is 9.18 Å². The average molecular weight is 330 g/mol. The van der Waals surface area contributed by atoms with Gasteiger partial charge in [-0.3, -0.25) is 4.79 Å². The van der Waals surface area contributed by atoms with E-state index in [1.165, 1.54) is 6.07 Å². The van der Waals surface area contributed by atoms with E-state index in [-0.39, 0.29) is 18.0 Å². The molecule has 0 spiro atoms. The van der Waals surface area contributed by atoms with Crippen LogP contribution in [0.2, 0.25) is 0 Å². The molecule has 1 heterocycles. The van der Waals surface area contributed by atoms with Crippen LogP contribution in [0.1, 0.15) is 18.4 Å². The lowest BCUT2D eigenvalue weighted by molar-refractivity contribution is -0.132. The van der Waals surface area contributed by atoms with E-state index in [2.05, 4.69) is 15.9 Å². The van der Waals surface area contributed by atoms with Crippen LogP contribution in [0.15, 0.2) is 22.7 Å². The van der Waals surface area contributed by atoms with Crippen LogP contribution in [0.3, 0.4) is 0 Å². The molecule has 0 unspecified atom stereocenters. The van der Waals surface area contributed by atoms with E-state index in [0.29, 0.717) is 42.6 Å². The lowest BCUT2D eigenvalue weighted by Crippen LogP contribution is -2.44.